The van der Waals surface area contributed by atoms with E-state index in [1.165, 1.54) is 6.07 Å². The summed E-state index contributed by atoms with van der Waals surface area (Å²) in [6.45, 7) is 4.58. The number of hydrogen-bond acceptors (Lipinski definition) is 7. The molecule has 0 atom stereocenters. The summed E-state index contributed by atoms with van der Waals surface area (Å²) in [7, 11) is -4.15. The van der Waals surface area contributed by atoms with Crippen LogP contribution in [0.2, 0.25) is 0 Å². The number of allylic oxidation sites excluding steroid dienone is 2. The SMILES string of the molecule is O=C1C(N2CCCCC2)=C(S(=O)(=O)NCCN2CCOCC2)C(=O)c2ccccc21. The zero-order valence-electron chi connectivity index (χ0n) is 16.9. The summed E-state index contributed by atoms with van der Waals surface area (Å²) in [5.74, 6) is -0.995. The lowest BCUT2D eigenvalue weighted by Gasteiger charge is -2.33. The molecule has 8 nitrogen and oxygen atoms in total. The van der Waals surface area contributed by atoms with Crippen molar-refractivity contribution in [1.82, 2.24) is 14.5 Å². The maximum atomic E-state index is 13.3. The highest BCUT2D eigenvalue weighted by Gasteiger charge is 2.41. The van der Waals surface area contributed by atoms with Crippen molar-refractivity contribution in [2.45, 2.75) is 19.3 Å². The molecule has 2 aliphatic heterocycles. The van der Waals surface area contributed by atoms with Crippen LogP contribution in [-0.4, -0.2) is 82.3 Å². The highest BCUT2D eigenvalue weighted by atomic mass is 32.2. The minimum atomic E-state index is -4.15. The van der Waals surface area contributed by atoms with Crippen molar-refractivity contribution in [3.8, 4) is 0 Å². The third-order valence-corrected chi connectivity index (χ3v) is 7.32. The first kappa shape index (κ1) is 21.2. The van der Waals surface area contributed by atoms with Gasteiger partial charge in [0.05, 0.1) is 13.2 Å². The predicted molar refractivity (Wildman–Crippen MR) is 112 cm³/mol. The van der Waals surface area contributed by atoms with E-state index in [1.807, 2.05) is 0 Å². The van der Waals surface area contributed by atoms with E-state index in [0.717, 1.165) is 32.4 Å². The number of ketones is 2. The van der Waals surface area contributed by atoms with Gasteiger partial charge in [0.2, 0.25) is 21.6 Å². The first-order valence-corrected chi connectivity index (χ1v) is 11.9. The number of Topliss-reactive ketones (excluding diaryl/α,β-unsaturated/α-hetero) is 2. The van der Waals surface area contributed by atoms with Crippen LogP contribution in [0.1, 0.15) is 40.0 Å². The van der Waals surface area contributed by atoms with Crippen LogP contribution in [-0.2, 0) is 14.8 Å². The van der Waals surface area contributed by atoms with Crippen LogP contribution >= 0.6 is 0 Å². The first-order valence-electron chi connectivity index (χ1n) is 10.5. The number of rotatable bonds is 6. The molecule has 0 spiro atoms. The number of fused-ring (bicyclic) bond motifs is 1. The van der Waals surface area contributed by atoms with Crippen molar-refractivity contribution in [1.29, 1.82) is 0 Å². The fourth-order valence-electron chi connectivity index (χ4n) is 4.23. The summed E-state index contributed by atoms with van der Waals surface area (Å²) in [6, 6.07) is 6.45. The Labute approximate surface area is 176 Å². The number of ether oxygens (including phenoxy) is 1. The Morgan fingerprint density at radius 1 is 0.900 bits per heavy atom. The second-order valence-electron chi connectivity index (χ2n) is 7.78. The second kappa shape index (κ2) is 8.97. The highest BCUT2D eigenvalue weighted by molar-refractivity contribution is 7.94. The van der Waals surface area contributed by atoms with Crippen LogP contribution in [0.25, 0.3) is 0 Å². The van der Waals surface area contributed by atoms with E-state index >= 15 is 0 Å². The fourth-order valence-corrected chi connectivity index (χ4v) is 5.56. The molecule has 0 bridgehead atoms. The van der Waals surface area contributed by atoms with Crippen molar-refractivity contribution in [2.24, 2.45) is 0 Å². The standard InChI is InChI=1S/C21H27N3O5S/c25-19-16-6-2-3-7-17(16)20(26)21(18(19)24-9-4-1-5-10-24)30(27,28)22-8-11-23-12-14-29-15-13-23/h2-3,6-7,22H,1,4-5,8-15H2. The molecule has 162 valence electrons. The average Bonchev–Trinajstić information content (AvgIpc) is 2.77. The highest BCUT2D eigenvalue weighted by Crippen LogP contribution is 2.32. The third-order valence-electron chi connectivity index (χ3n) is 5.82. The topological polar surface area (TPSA) is 96.0 Å². The Morgan fingerprint density at radius 2 is 1.53 bits per heavy atom. The Hall–Kier alpha value is -2.07. The van der Waals surface area contributed by atoms with Gasteiger partial charge in [-0.3, -0.25) is 14.5 Å². The minimum absolute atomic E-state index is 0.0253. The molecule has 0 amide bonds. The van der Waals surface area contributed by atoms with Gasteiger partial charge in [-0.2, -0.15) is 0 Å². The summed E-state index contributed by atoms with van der Waals surface area (Å²) in [6.07, 6.45) is 2.76. The summed E-state index contributed by atoms with van der Waals surface area (Å²) < 4.78 is 34.3. The van der Waals surface area contributed by atoms with E-state index in [4.69, 9.17) is 4.74 Å². The van der Waals surface area contributed by atoms with Crippen LogP contribution in [0, 0.1) is 0 Å². The normalized spacial score (nSPS) is 21.1. The van der Waals surface area contributed by atoms with Gasteiger partial charge in [-0.1, -0.05) is 24.3 Å². The molecule has 3 aliphatic rings. The number of nitrogens with zero attached hydrogens (tertiary/aromatic N) is 2. The molecule has 0 aromatic heterocycles. The summed E-state index contributed by atoms with van der Waals surface area (Å²) in [5.41, 5.74) is 0.449. The molecule has 1 N–H and O–H groups in total. The number of hydrogen-bond donors (Lipinski definition) is 1. The van der Waals surface area contributed by atoms with Gasteiger partial charge in [0.1, 0.15) is 5.70 Å². The molecule has 0 saturated carbocycles. The van der Waals surface area contributed by atoms with Gasteiger partial charge in [0.25, 0.3) is 0 Å². The predicted octanol–water partition coefficient (Wildman–Crippen LogP) is 1.01. The van der Waals surface area contributed by atoms with E-state index in [0.29, 0.717) is 32.8 Å². The van der Waals surface area contributed by atoms with Crippen LogP contribution < -0.4 is 4.72 Å². The lowest BCUT2D eigenvalue weighted by atomic mass is 9.91. The van der Waals surface area contributed by atoms with Crippen LogP contribution in [0.15, 0.2) is 34.9 Å². The minimum Gasteiger partial charge on any atom is -0.379 e. The number of morpholine rings is 1. The number of nitrogens with one attached hydrogen (secondary N) is 1. The molecule has 1 aliphatic carbocycles. The molecule has 2 fully saturated rings. The monoisotopic (exact) mass is 433 g/mol. The molecule has 0 radical (unpaired) electrons. The maximum absolute atomic E-state index is 13.3. The van der Waals surface area contributed by atoms with E-state index in [2.05, 4.69) is 9.62 Å². The van der Waals surface area contributed by atoms with Gasteiger partial charge in [0.15, 0.2) is 4.91 Å². The Bertz CT molecular complexity index is 961. The molecule has 30 heavy (non-hydrogen) atoms. The number of likely N-dealkylation sites (tertiary alicyclic amines) is 1. The molecule has 1 aromatic carbocycles. The molecule has 4 rings (SSSR count). The largest absolute Gasteiger partial charge is 0.379 e. The molecular weight excluding hydrogens is 406 g/mol. The Kier molecular flexibility index (Phi) is 6.33. The van der Waals surface area contributed by atoms with Gasteiger partial charge < -0.3 is 9.64 Å². The Balaban J connectivity index is 1.65. The van der Waals surface area contributed by atoms with Gasteiger partial charge in [0, 0.05) is 50.4 Å². The molecule has 1 aromatic rings. The summed E-state index contributed by atoms with van der Waals surface area (Å²) in [5, 5.41) is 0. The lowest BCUT2D eigenvalue weighted by Crippen LogP contribution is -2.44. The smallest absolute Gasteiger partial charge is 0.246 e. The van der Waals surface area contributed by atoms with Crippen LogP contribution in [0.5, 0.6) is 0 Å². The third kappa shape index (κ3) is 4.20. The Morgan fingerprint density at radius 3 is 2.20 bits per heavy atom. The number of benzene rings is 1. The van der Waals surface area contributed by atoms with E-state index < -0.39 is 20.7 Å². The molecular formula is C21H27N3O5S. The number of carbonyl (C=O) groups excluding carboxylic acids is 2. The fraction of sp³-hybridized carbons (Fsp3) is 0.524. The van der Waals surface area contributed by atoms with Gasteiger partial charge in [-0.25, -0.2) is 13.1 Å². The first-order chi connectivity index (χ1) is 14.5. The number of sulfonamides is 1. The van der Waals surface area contributed by atoms with Gasteiger partial charge in [-0.05, 0) is 19.3 Å². The van der Waals surface area contributed by atoms with E-state index in [1.54, 1.807) is 23.1 Å². The number of piperidine rings is 1. The summed E-state index contributed by atoms with van der Waals surface area (Å²) in [4.78, 5) is 30.0. The van der Waals surface area contributed by atoms with E-state index in [-0.39, 0.29) is 29.2 Å². The quantitative estimate of drug-likeness (QED) is 0.715. The summed E-state index contributed by atoms with van der Waals surface area (Å²) >= 11 is 0. The van der Waals surface area contributed by atoms with Gasteiger partial charge in [-0.15, -0.1) is 0 Å². The van der Waals surface area contributed by atoms with Crippen molar-refractivity contribution < 1.29 is 22.7 Å². The maximum Gasteiger partial charge on any atom is 0.246 e. The van der Waals surface area contributed by atoms with Crippen molar-refractivity contribution in [2.75, 3.05) is 52.5 Å². The average molecular weight is 434 g/mol. The zero-order chi connectivity index (χ0) is 21.1. The van der Waals surface area contributed by atoms with Crippen molar-refractivity contribution in [3.05, 3.63) is 46.0 Å². The zero-order valence-corrected chi connectivity index (χ0v) is 17.7. The van der Waals surface area contributed by atoms with Crippen molar-refractivity contribution in [3.63, 3.8) is 0 Å². The molecule has 2 saturated heterocycles. The second-order valence-corrected chi connectivity index (χ2v) is 9.48. The number of carbonyl (C=O) groups is 2. The molecule has 2 heterocycles. The van der Waals surface area contributed by atoms with Crippen LogP contribution in [0.4, 0.5) is 0 Å². The molecule has 0 unspecified atom stereocenters. The van der Waals surface area contributed by atoms with Crippen LogP contribution in [0.3, 0.4) is 0 Å². The van der Waals surface area contributed by atoms with E-state index in [9.17, 15) is 18.0 Å². The van der Waals surface area contributed by atoms with Crippen molar-refractivity contribution >= 4 is 21.6 Å². The van der Waals surface area contributed by atoms with Gasteiger partial charge >= 0.3 is 0 Å². The molecule has 9 heteroatoms. The lowest BCUT2D eigenvalue weighted by molar-refractivity contribution is 0.0390.